The predicted octanol–water partition coefficient (Wildman–Crippen LogP) is 5.40. The standard InChI is InChI=1S/C28H23N3O3S/c29-19-18-22-14-16-25(17-15-22)30-28(32)24-10-7-13-27(20-24)35(33,34)31(26-11-5-2-6-12-26)21-23-8-3-1-4-9-23/h1-17,20H,18,21H2,(H,30,32). The molecule has 0 unspecified atom stereocenters. The number of nitrogens with zero attached hydrogens (tertiary/aromatic N) is 2. The lowest BCUT2D eigenvalue weighted by Crippen LogP contribution is -2.30. The van der Waals surface area contributed by atoms with Crippen LogP contribution in [0.25, 0.3) is 0 Å². The van der Waals surface area contributed by atoms with E-state index in [4.69, 9.17) is 5.26 Å². The van der Waals surface area contributed by atoms with Crippen molar-refractivity contribution in [3.8, 4) is 6.07 Å². The number of nitriles is 1. The number of carbonyl (C=O) groups excluding carboxylic acids is 1. The fourth-order valence-corrected chi connectivity index (χ4v) is 5.08. The molecule has 0 fully saturated rings. The fourth-order valence-electron chi connectivity index (χ4n) is 3.58. The van der Waals surface area contributed by atoms with Gasteiger partial charge in [-0.3, -0.25) is 9.10 Å². The summed E-state index contributed by atoms with van der Waals surface area (Å²) in [5.41, 5.74) is 3.00. The van der Waals surface area contributed by atoms with Gasteiger partial charge in [0.05, 0.1) is 29.6 Å². The van der Waals surface area contributed by atoms with Gasteiger partial charge in [-0.15, -0.1) is 0 Å². The van der Waals surface area contributed by atoms with Crippen molar-refractivity contribution in [2.45, 2.75) is 17.9 Å². The molecule has 0 aliphatic rings. The van der Waals surface area contributed by atoms with Gasteiger partial charge in [-0.25, -0.2) is 8.42 Å². The molecule has 35 heavy (non-hydrogen) atoms. The van der Waals surface area contributed by atoms with E-state index in [1.165, 1.54) is 16.4 Å². The lowest BCUT2D eigenvalue weighted by atomic mass is 10.1. The highest BCUT2D eigenvalue weighted by molar-refractivity contribution is 7.92. The molecular formula is C28H23N3O3S. The number of amides is 1. The first-order valence-electron chi connectivity index (χ1n) is 11.0. The maximum Gasteiger partial charge on any atom is 0.264 e. The summed E-state index contributed by atoms with van der Waals surface area (Å²) in [6.45, 7) is 0.151. The monoisotopic (exact) mass is 481 g/mol. The molecule has 174 valence electrons. The molecule has 7 heteroatoms. The van der Waals surface area contributed by atoms with Crippen LogP contribution in [0.5, 0.6) is 0 Å². The van der Waals surface area contributed by atoms with Crippen molar-refractivity contribution in [3.05, 3.63) is 126 Å². The fraction of sp³-hybridized carbons (Fsp3) is 0.0714. The SMILES string of the molecule is N#CCc1ccc(NC(=O)c2cccc(S(=O)(=O)N(Cc3ccccc3)c3ccccc3)c2)cc1. The molecule has 0 radical (unpaired) electrons. The molecule has 4 rings (SSSR count). The Bertz CT molecular complexity index is 1450. The van der Waals surface area contributed by atoms with Crippen LogP contribution in [0.2, 0.25) is 0 Å². The summed E-state index contributed by atoms with van der Waals surface area (Å²) in [5, 5.41) is 11.6. The number of hydrogen-bond donors (Lipinski definition) is 1. The largest absolute Gasteiger partial charge is 0.322 e. The van der Waals surface area contributed by atoms with Gasteiger partial charge >= 0.3 is 0 Å². The van der Waals surface area contributed by atoms with E-state index in [1.807, 2.05) is 36.4 Å². The Balaban J connectivity index is 1.62. The third-order valence-corrected chi connectivity index (χ3v) is 7.16. The highest BCUT2D eigenvalue weighted by Gasteiger charge is 2.26. The first-order valence-corrected chi connectivity index (χ1v) is 12.4. The zero-order chi connectivity index (χ0) is 24.7. The highest BCUT2D eigenvalue weighted by Crippen LogP contribution is 2.26. The van der Waals surface area contributed by atoms with Gasteiger partial charge in [-0.2, -0.15) is 5.26 Å². The smallest absolute Gasteiger partial charge is 0.264 e. The van der Waals surface area contributed by atoms with Gasteiger partial charge in [0, 0.05) is 11.3 Å². The van der Waals surface area contributed by atoms with E-state index in [0.29, 0.717) is 11.4 Å². The van der Waals surface area contributed by atoms with E-state index in [-0.39, 0.29) is 23.4 Å². The van der Waals surface area contributed by atoms with E-state index in [2.05, 4.69) is 11.4 Å². The van der Waals surface area contributed by atoms with Gasteiger partial charge < -0.3 is 5.32 Å². The van der Waals surface area contributed by atoms with Crippen LogP contribution in [-0.4, -0.2) is 14.3 Å². The maximum absolute atomic E-state index is 13.7. The molecule has 0 bridgehead atoms. The molecule has 0 saturated heterocycles. The third-order valence-electron chi connectivity index (χ3n) is 5.39. The number of rotatable bonds is 8. The second-order valence-electron chi connectivity index (χ2n) is 7.85. The van der Waals surface area contributed by atoms with E-state index in [0.717, 1.165) is 11.1 Å². The molecule has 0 aliphatic carbocycles. The molecule has 4 aromatic carbocycles. The van der Waals surface area contributed by atoms with Crippen LogP contribution in [-0.2, 0) is 23.0 Å². The quantitative estimate of drug-likeness (QED) is 0.365. The number of sulfonamides is 1. The van der Waals surface area contributed by atoms with E-state index < -0.39 is 15.9 Å². The normalized spacial score (nSPS) is 10.8. The molecule has 1 amide bonds. The average Bonchev–Trinajstić information content (AvgIpc) is 2.89. The summed E-state index contributed by atoms with van der Waals surface area (Å²) < 4.78 is 28.8. The molecule has 0 aromatic heterocycles. The van der Waals surface area contributed by atoms with Crippen molar-refractivity contribution in [1.29, 1.82) is 5.26 Å². The second-order valence-corrected chi connectivity index (χ2v) is 9.71. The number of hydrogen-bond acceptors (Lipinski definition) is 4. The predicted molar refractivity (Wildman–Crippen MR) is 136 cm³/mol. The van der Waals surface area contributed by atoms with Crippen molar-refractivity contribution in [2.24, 2.45) is 0 Å². The number of anilines is 2. The van der Waals surface area contributed by atoms with Crippen molar-refractivity contribution in [1.82, 2.24) is 0 Å². The topological polar surface area (TPSA) is 90.3 Å². The van der Waals surface area contributed by atoms with Crippen LogP contribution >= 0.6 is 0 Å². The average molecular weight is 482 g/mol. The number of benzene rings is 4. The van der Waals surface area contributed by atoms with E-state index in [1.54, 1.807) is 60.7 Å². The molecule has 0 heterocycles. The minimum Gasteiger partial charge on any atom is -0.322 e. The molecule has 1 N–H and O–H groups in total. The van der Waals surface area contributed by atoms with E-state index >= 15 is 0 Å². The number of carbonyl (C=O) groups is 1. The maximum atomic E-state index is 13.7. The Morgan fingerprint density at radius 1 is 0.800 bits per heavy atom. The first kappa shape index (κ1) is 23.7. The van der Waals surface area contributed by atoms with E-state index in [9.17, 15) is 13.2 Å². The lowest BCUT2D eigenvalue weighted by Gasteiger charge is -2.25. The molecule has 0 atom stereocenters. The Labute approximate surface area is 205 Å². The van der Waals surface area contributed by atoms with Gasteiger partial charge in [0.1, 0.15) is 0 Å². The summed E-state index contributed by atoms with van der Waals surface area (Å²) in [5.74, 6) is -0.426. The summed E-state index contributed by atoms with van der Waals surface area (Å²) >= 11 is 0. The Kier molecular flexibility index (Phi) is 7.24. The minimum absolute atomic E-state index is 0.0225. The van der Waals surface area contributed by atoms with Crippen molar-refractivity contribution in [3.63, 3.8) is 0 Å². The number of para-hydroxylation sites is 1. The molecule has 4 aromatic rings. The van der Waals surface area contributed by atoms with Crippen LogP contribution in [0.3, 0.4) is 0 Å². The zero-order valence-electron chi connectivity index (χ0n) is 18.8. The van der Waals surface area contributed by atoms with Gasteiger partial charge in [-0.1, -0.05) is 66.7 Å². The Hall–Kier alpha value is -4.41. The Morgan fingerprint density at radius 2 is 1.46 bits per heavy atom. The van der Waals surface area contributed by atoms with Crippen LogP contribution in [0, 0.1) is 11.3 Å². The first-order chi connectivity index (χ1) is 17.0. The van der Waals surface area contributed by atoms with Crippen LogP contribution in [0.1, 0.15) is 21.5 Å². The molecule has 0 spiro atoms. The van der Waals surface area contributed by atoms with Crippen molar-refractivity contribution in [2.75, 3.05) is 9.62 Å². The summed E-state index contributed by atoms with van der Waals surface area (Å²) in [7, 11) is -3.97. The van der Waals surface area contributed by atoms with Gasteiger partial charge in [0.2, 0.25) is 0 Å². The number of nitrogens with one attached hydrogen (secondary N) is 1. The Morgan fingerprint density at radius 3 is 2.11 bits per heavy atom. The van der Waals surface area contributed by atoms with Crippen LogP contribution in [0.4, 0.5) is 11.4 Å². The lowest BCUT2D eigenvalue weighted by molar-refractivity contribution is 0.102. The highest BCUT2D eigenvalue weighted by atomic mass is 32.2. The summed E-state index contributed by atoms with van der Waals surface area (Å²) in [4.78, 5) is 12.9. The van der Waals surface area contributed by atoms with Crippen LogP contribution < -0.4 is 9.62 Å². The molecule has 0 aliphatic heterocycles. The van der Waals surface area contributed by atoms with Gasteiger partial charge in [-0.05, 0) is 53.6 Å². The molecule has 0 saturated carbocycles. The summed E-state index contributed by atoms with van der Waals surface area (Å²) in [6.07, 6.45) is 0.287. The summed E-state index contributed by atoms with van der Waals surface area (Å²) in [6, 6.07) is 33.3. The molecular weight excluding hydrogens is 458 g/mol. The third kappa shape index (κ3) is 5.75. The van der Waals surface area contributed by atoms with Crippen molar-refractivity contribution < 1.29 is 13.2 Å². The van der Waals surface area contributed by atoms with Gasteiger partial charge in [0.15, 0.2) is 0 Å². The second kappa shape index (κ2) is 10.7. The van der Waals surface area contributed by atoms with Crippen molar-refractivity contribution >= 4 is 27.3 Å². The minimum atomic E-state index is -3.97. The molecule has 6 nitrogen and oxygen atoms in total. The zero-order valence-corrected chi connectivity index (χ0v) is 19.7. The van der Waals surface area contributed by atoms with Crippen LogP contribution in [0.15, 0.2) is 114 Å². The van der Waals surface area contributed by atoms with Gasteiger partial charge in [0.25, 0.3) is 15.9 Å².